The Morgan fingerprint density at radius 2 is 2.05 bits per heavy atom. The number of fused-ring (bicyclic) bond motifs is 1. The van der Waals surface area contributed by atoms with Gasteiger partial charge in [-0.15, -0.1) is 0 Å². The molecule has 0 spiro atoms. The molecule has 2 aromatic rings. The van der Waals surface area contributed by atoms with Crippen LogP contribution in [0, 0.1) is 6.92 Å². The molecule has 0 radical (unpaired) electrons. The molecule has 1 atom stereocenters. The molecule has 0 bridgehead atoms. The number of aryl methyl sites for hydroxylation is 1. The van der Waals surface area contributed by atoms with Crippen LogP contribution in [0.1, 0.15) is 17.5 Å². The van der Waals surface area contributed by atoms with Gasteiger partial charge in [0.1, 0.15) is 0 Å². The van der Waals surface area contributed by atoms with Crippen molar-refractivity contribution >= 4 is 10.8 Å². The van der Waals surface area contributed by atoms with Crippen molar-refractivity contribution in [2.24, 2.45) is 0 Å². The highest BCUT2D eigenvalue weighted by atomic mass is 16.5. The van der Waals surface area contributed by atoms with Crippen molar-refractivity contribution in [2.75, 3.05) is 26.3 Å². The molecule has 0 amide bonds. The van der Waals surface area contributed by atoms with Gasteiger partial charge in [0, 0.05) is 19.1 Å². The lowest BCUT2D eigenvalue weighted by Gasteiger charge is -2.23. The zero-order valence-electron chi connectivity index (χ0n) is 12.7. The van der Waals surface area contributed by atoms with Gasteiger partial charge < -0.3 is 15.4 Å². The van der Waals surface area contributed by atoms with Gasteiger partial charge in [0.15, 0.2) is 0 Å². The summed E-state index contributed by atoms with van der Waals surface area (Å²) in [5.41, 5.74) is 2.72. The molecule has 0 saturated carbocycles. The fraction of sp³-hybridized carbons (Fsp3) is 0.444. The van der Waals surface area contributed by atoms with E-state index in [1.165, 1.54) is 21.9 Å². The minimum Gasteiger partial charge on any atom is -0.379 e. The molecule has 2 aromatic carbocycles. The Morgan fingerprint density at radius 1 is 1.19 bits per heavy atom. The molecular formula is C18H24N2O. The van der Waals surface area contributed by atoms with Crippen molar-refractivity contribution in [3.63, 3.8) is 0 Å². The Morgan fingerprint density at radius 3 is 2.86 bits per heavy atom. The number of benzene rings is 2. The Labute approximate surface area is 126 Å². The second-order valence-electron chi connectivity index (χ2n) is 5.78. The van der Waals surface area contributed by atoms with Crippen LogP contribution >= 0.6 is 0 Å². The maximum atomic E-state index is 5.48. The number of morpholine rings is 1. The molecule has 1 heterocycles. The van der Waals surface area contributed by atoms with Crippen LogP contribution in [0.3, 0.4) is 0 Å². The van der Waals surface area contributed by atoms with Gasteiger partial charge in [-0.25, -0.2) is 0 Å². The summed E-state index contributed by atoms with van der Waals surface area (Å²) in [6, 6.07) is 13.6. The summed E-state index contributed by atoms with van der Waals surface area (Å²) in [4.78, 5) is 0. The first-order valence-corrected chi connectivity index (χ1v) is 7.83. The molecule has 3 heteroatoms. The average molecular weight is 284 g/mol. The lowest BCUT2D eigenvalue weighted by atomic mass is 10.0. The molecule has 1 saturated heterocycles. The number of rotatable bonds is 5. The zero-order chi connectivity index (χ0) is 14.5. The first kappa shape index (κ1) is 14.5. The highest BCUT2D eigenvalue weighted by Crippen LogP contribution is 2.22. The minimum absolute atomic E-state index is 0.501. The zero-order valence-corrected chi connectivity index (χ0v) is 12.7. The van der Waals surface area contributed by atoms with Crippen molar-refractivity contribution < 1.29 is 4.74 Å². The summed E-state index contributed by atoms with van der Waals surface area (Å²) in [7, 11) is 0. The number of hydrogen-bond donors (Lipinski definition) is 2. The lowest BCUT2D eigenvalue weighted by molar-refractivity contribution is 0.0742. The van der Waals surface area contributed by atoms with E-state index >= 15 is 0 Å². The Balaban J connectivity index is 1.57. The Kier molecular flexibility index (Phi) is 4.86. The molecule has 1 fully saturated rings. The van der Waals surface area contributed by atoms with E-state index < -0.39 is 0 Å². The van der Waals surface area contributed by atoms with Gasteiger partial charge >= 0.3 is 0 Å². The molecule has 112 valence electrons. The number of nitrogens with one attached hydrogen (secondary N) is 2. The SMILES string of the molecule is Cc1ccc(CNCCC2COCCN2)c2ccccc12. The molecule has 1 aliphatic rings. The summed E-state index contributed by atoms with van der Waals surface area (Å²) in [5.74, 6) is 0. The Hall–Kier alpha value is -1.42. The van der Waals surface area contributed by atoms with E-state index in [0.29, 0.717) is 6.04 Å². The van der Waals surface area contributed by atoms with Crippen LogP contribution in [-0.4, -0.2) is 32.3 Å². The fourth-order valence-corrected chi connectivity index (χ4v) is 2.97. The molecule has 2 N–H and O–H groups in total. The van der Waals surface area contributed by atoms with Crippen LogP contribution in [-0.2, 0) is 11.3 Å². The van der Waals surface area contributed by atoms with Crippen LogP contribution in [0.5, 0.6) is 0 Å². The third kappa shape index (κ3) is 3.62. The molecule has 3 nitrogen and oxygen atoms in total. The predicted molar refractivity (Wildman–Crippen MR) is 87.6 cm³/mol. The maximum Gasteiger partial charge on any atom is 0.0620 e. The van der Waals surface area contributed by atoms with E-state index in [1.54, 1.807) is 0 Å². The minimum atomic E-state index is 0.501. The maximum absolute atomic E-state index is 5.48. The summed E-state index contributed by atoms with van der Waals surface area (Å²) in [6.07, 6.45) is 1.11. The summed E-state index contributed by atoms with van der Waals surface area (Å²) >= 11 is 0. The van der Waals surface area contributed by atoms with Gasteiger partial charge in [-0.3, -0.25) is 0 Å². The molecular weight excluding hydrogens is 260 g/mol. The third-order valence-corrected chi connectivity index (χ3v) is 4.22. The first-order valence-electron chi connectivity index (χ1n) is 7.83. The van der Waals surface area contributed by atoms with E-state index in [2.05, 4.69) is 54.0 Å². The second-order valence-corrected chi connectivity index (χ2v) is 5.78. The number of ether oxygens (including phenoxy) is 1. The smallest absolute Gasteiger partial charge is 0.0620 e. The van der Waals surface area contributed by atoms with Crippen molar-refractivity contribution in [2.45, 2.75) is 25.9 Å². The molecule has 1 aliphatic heterocycles. The Bertz CT molecular complexity index is 591. The van der Waals surface area contributed by atoms with Gasteiger partial charge in [-0.2, -0.15) is 0 Å². The van der Waals surface area contributed by atoms with Crippen LogP contribution in [0.15, 0.2) is 36.4 Å². The van der Waals surface area contributed by atoms with Crippen molar-refractivity contribution in [1.29, 1.82) is 0 Å². The van der Waals surface area contributed by atoms with Gasteiger partial charge in [-0.05, 0) is 41.8 Å². The molecule has 21 heavy (non-hydrogen) atoms. The van der Waals surface area contributed by atoms with Gasteiger partial charge in [-0.1, -0.05) is 36.4 Å². The van der Waals surface area contributed by atoms with Crippen LogP contribution < -0.4 is 10.6 Å². The highest BCUT2D eigenvalue weighted by Gasteiger charge is 2.11. The lowest BCUT2D eigenvalue weighted by Crippen LogP contribution is -2.42. The van der Waals surface area contributed by atoms with Crippen molar-refractivity contribution in [3.05, 3.63) is 47.5 Å². The normalized spacial score (nSPS) is 19.0. The molecule has 3 rings (SSSR count). The molecule has 0 aliphatic carbocycles. The van der Waals surface area contributed by atoms with E-state index in [4.69, 9.17) is 4.74 Å². The predicted octanol–water partition coefficient (Wildman–Crippen LogP) is 2.62. The highest BCUT2D eigenvalue weighted by molar-refractivity contribution is 5.88. The molecule has 0 aromatic heterocycles. The third-order valence-electron chi connectivity index (χ3n) is 4.22. The summed E-state index contributed by atoms with van der Waals surface area (Å²) in [6.45, 7) is 6.79. The van der Waals surface area contributed by atoms with E-state index in [-0.39, 0.29) is 0 Å². The summed E-state index contributed by atoms with van der Waals surface area (Å²) in [5, 5.41) is 9.78. The van der Waals surface area contributed by atoms with Crippen LogP contribution in [0.2, 0.25) is 0 Å². The topological polar surface area (TPSA) is 33.3 Å². The monoisotopic (exact) mass is 284 g/mol. The summed E-state index contributed by atoms with van der Waals surface area (Å²) < 4.78 is 5.48. The van der Waals surface area contributed by atoms with E-state index in [0.717, 1.165) is 39.3 Å². The average Bonchev–Trinajstić information content (AvgIpc) is 2.55. The van der Waals surface area contributed by atoms with Gasteiger partial charge in [0.25, 0.3) is 0 Å². The van der Waals surface area contributed by atoms with E-state index in [1.807, 2.05) is 0 Å². The fourth-order valence-electron chi connectivity index (χ4n) is 2.97. The van der Waals surface area contributed by atoms with Gasteiger partial charge in [0.2, 0.25) is 0 Å². The number of hydrogen-bond acceptors (Lipinski definition) is 3. The second kappa shape index (κ2) is 7.03. The van der Waals surface area contributed by atoms with Crippen LogP contribution in [0.25, 0.3) is 10.8 Å². The van der Waals surface area contributed by atoms with Gasteiger partial charge in [0.05, 0.1) is 13.2 Å². The largest absolute Gasteiger partial charge is 0.379 e. The molecule has 1 unspecified atom stereocenters. The van der Waals surface area contributed by atoms with Crippen LogP contribution in [0.4, 0.5) is 0 Å². The van der Waals surface area contributed by atoms with Crippen molar-refractivity contribution in [1.82, 2.24) is 10.6 Å². The first-order chi connectivity index (χ1) is 10.3. The standard InChI is InChI=1S/C18H24N2O/c1-14-6-7-15(18-5-3-2-4-17(14)18)12-19-9-8-16-13-21-11-10-20-16/h2-7,16,19-20H,8-13H2,1H3. The quantitative estimate of drug-likeness (QED) is 0.828. The van der Waals surface area contributed by atoms with Crippen molar-refractivity contribution in [3.8, 4) is 0 Å². The van der Waals surface area contributed by atoms with E-state index in [9.17, 15) is 0 Å².